The van der Waals surface area contributed by atoms with Gasteiger partial charge in [-0.25, -0.2) is 0 Å². The van der Waals surface area contributed by atoms with Crippen molar-refractivity contribution in [1.29, 1.82) is 0 Å². The lowest BCUT2D eigenvalue weighted by Gasteiger charge is -2.10. The first-order valence-electron chi connectivity index (χ1n) is 5.96. The molecule has 0 spiro atoms. The minimum atomic E-state index is 0.0262. The van der Waals surface area contributed by atoms with Gasteiger partial charge in [-0.15, -0.1) is 0 Å². The first kappa shape index (κ1) is 13.7. The molecule has 0 aliphatic carbocycles. The molecule has 0 N–H and O–H groups in total. The van der Waals surface area contributed by atoms with Crippen molar-refractivity contribution in [2.45, 2.75) is 26.4 Å². The Balaban J connectivity index is 2.31. The van der Waals surface area contributed by atoms with E-state index in [1.54, 1.807) is 7.11 Å². The van der Waals surface area contributed by atoms with E-state index in [9.17, 15) is 4.79 Å². The molecule has 0 radical (unpaired) electrons. The second kappa shape index (κ2) is 7.85. The summed E-state index contributed by atoms with van der Waals surface area (Å²) in [5.41, 5.74) is 1.09. The Morgan fingerprint density at radius 2 is 2.00 bits per heavy atom. The minimum Gasteiger partial charge on any atom is -0.497 e. The van der Waals surface area contributed by atoms with E-state index >= 15 is 0 Å². The van der Waals surface area contributed by atoms with E-state index in [1.807, 2.05) is 24.3 Å². The molecule has 0 heterocycles. The summed E-state index contributed by atoms with van der Waals surface area (Å²) in [6.45, 7) is 3.11. The summed E-state index contributed by atoms with van der Waals surface area (Å²) in [6, 6.07) is 7.74. The van der Waals surface area contributed by atoms with E-state index in [4.69, 9.17) is 9.47 Å². The van der Waals surface area contributed by atoms with Crippen LogP contribution in [0.5, 0.6) is 5.75 Å². The molecule has 94 valence electrons. The van der Waals surface area contributed by atoms with Crippen LogP contribution in [0.15, 0.2) is 24.3 Å². The summed E-state index contributed by atoms with van der Waals surface area (Å²) in [5.74, 6) is 0.865. The maximum atomic E-state index is 10.7. The fourth-order valence-corrected chi connectivity index (χ4v) is 1.61. The zero-order chi connectivity index (χ0) is 12.5. The summed E-state index contributed by atoms with van der Waals surface area (Å²) in [4.78, 5) is 10.7. The highest BCUT2D eigenvalue weighted by molar-refractivity contribution is 5.53. The molecule has 1 aromatic rings. The third kappa shape index (κ3) is 5.00. The zero-order valence-corrected chi connectivity index (χ0v) is 10.5. The molecule has 0 amide bonds. The van der Waals surface area contributed by atoms with Gasteiger partial charge in [0.2, 0.25) is 0 Å². The molecule has 0 saturated heterocycles. The average molecular weight is 236 g/mol. The van der Waals surface area contributed by atoms with Gasteiger partial charge in [0.15, 0.2) is 0 Å². The molecule has 3 heteroatoms. The quantitative estimate of drug-likeness (QED) is 0.651. The van der Waals surface area contributed by atoms with Crippen molar-refractivity contribution in [1.82, 2.24) is 0 Å². The van der Waals surface area contributed by atoms with Gasteiger partial charge in [0, 0.05) is 5.92 Å². The standard InChI is InChI=1S/C14H20O3/c1-3-4-13(9-15)11-17-10-12-5-7-14(16-2)8-6-12/h5-9,13H,3-4,10-11H2,1-2H3/t13-/m1/s1. The lowest BCUT2D eigenvalue weighted by atomic mass is 10.1. The summed E-state index contributed by atoms with van der Waals surface area (Å²) in [7, 11) is 1.64. The first-order chi connectivity index (χ1) is 8.30. The smallest absolute Gasteiger partial charge is 0.125 e. The highest BCUT2D eigenvalue weighted by atomic mass is 16.5. The van der Waals surface area contributed by atoms with Gasteiger partial charge in [-0.2, -0.15) is 0 Å². The maximum Gasteiger partial charge on any atom is 0.125 e. The molecule has 0 fully saturated rings. The van der Waals surface area contributed by atoms with Crippen LogP contribution in [0.25, 0.3) is 0 Å². The highest BCUT2D eigenvalue weighted by Gasteiger charge is 2.05. The van der Waals surface area contributed by atoms with E-state index in [1.165, 1.54) is 0 Å². The predicted molar refractivity (Wildman–Crippen MR) is 67.1 cm³/mol. The Hall–Kier alpha value is -1.35. The Morgan fingerprint density at radius 1 is 1.29 bits per heavy atom. The summed E-state index contributed by atoms with van der Waals surface area (Å²) in [5, 5.41) is 0. The number of benzene rings is 1. The number of carbonyl (C=O) groups is 1. The fourth-order valence-electron chi connectivity index (χ4n) is 1.61. The number of rotatable bonds is 8. The van der Waals surface area contributed by atoms with Crippen LogP contribution < -0.4 is 4.74 Å². The van der Waals surface area contributed by atoms with E-state index in [2.05, 4.69) is 6.92 Å². The second-order valence-corrected chi connectivity index (χ2v) is 4.05. The number of ether oxygens (including phenoxy) is 2. The van der Waals surface area contributed by atoms with Crippen molar-refractivity contribution < 1.29 is 14.3 Å². The fraction of sp³-hybridized carbons (Fsp3) is 0.500. The van der Waals surface area contributed by atoms with Gasteiger partial charge in [0.05, 0.1) is 20.3 Å². The number of methoxy groups -OCH3 is 1. The van der Waals surface area contributed by atoms with Crippen molar-refractivity contribution in [3.8, 4) is 5.75 Å². The highest BCUT2D eigenvalue weighted by Crippen LogP contribution is 2.12. The number of carbonyl (C=O) groups excluding carboxylic acids is 1. The Bertz CT molecular complexity index is 319. The summed E-state index contributed by atoms with van der Waals surface area (Å²) >= 11 is 0. The lowest BCUT2D eigenvalue weighted by Crippen LogP contribution is -2.10. The van der Waals surface area contributed by atoms with Crippen LogP contribution >= 0.6 is 0 Å². The SMILES string of the molecule is CCC[C@H](C=O)COCc1ccc(OC)cc1. The van der Waals surface area contributed by atoms with Crippen molar-refractivity contribution in [3.05, 3.63) is 29.8 Å². The molecule has 1 aromatic carbocycles. The third-order valence-corrected chi connectivity index (χ3v) is 2.61. The molecule has 1 atom stereocenters. The minimum absolute atomic E-state index is 0.0262. The summed E-state index contributed by atoms with van der Waals surface area (Å²) in [6.07, 6.45) is 2.89. The first-order valence-corrected chi connectivity index (χ1v) is 5.96. The molecule has 0 unspecified atom stereocenters. The van der Waals surface area contributed by atoms with Crippen molar-refractivity contribution >= 4 is 6.29 Å². The average Bonchev–Trinajstić information content (AvgIpc) is 2.38. The van der Waals surface area contributed by atoms with Gasteiger partial charge in [-0.3, -0.25) is 0 Å². The Kier molecular flexibility index (Phi) is 6.33. The molecular formula is C14H20O3. The molecule has 3 nitrogen and oxygen atoms in total. The van der Waals surface area contributed by atoms with Crippen LogP contribution in [0, 0.1) is 5.92 Å². The van der Waals surface area contributed by atoms with Crippen LogP contribution in [0.2, 0.25) is 0 Å². The van der Waals surface area contributed by atoms with E-state index in [-0.39, 0.29) is 5.92 Å². The van der Waals surface area contributed by atoms with Gasteiger partial charge in [-0.1, -0.05) is 25.5 Å². The van der Waals surface area contributed by atoms with E-state index < -0.39 is 0 Å². The Labute approximate surface area is 103 Å². The monoisotopic (exact) mass is 236 g/mol. The van der Waals surface area contributed by atoms with Crippen LogP contribution in [0.1, 0.15) is 25.3 Å². The molecule has 0 aliphatic heterocycles. The van der Waals surface area contributed by atoms with Crippen molar-refractivity contribution in [2.24, 2.45) is 5.92 Å². The number of hydrogen-bond donors (Lipinski definition) is 0. The van der Waals surface area contributed by atoms with Crippen molar-refractivity contribution in [3.63, 3.8) is 0 Å². The lowest BCUT2D eigenvalue weighted by molar-refractivity contribution is -0.113. The van der Waals surface area contributed by atoms with Crippen LogP contribution in [0.4, 0.5) is 0 Å². The number of aldehydes is 1. The van der Waals surface area contributed by atoms with Gasteiger partial charge in [0.1, 0.15) is 12.0 Å². The van der Waals surface area contributed by atoms with Gasteiger partial charge in [-0.05, 0) is 24.1 Å². The second-order valence-electron chi connectivity index (χ2n) is 4.05. The largest absolute Gasteiger partial charge is 0.497 e. The molecule has 1 rings (SSSR count). The number of hydrogen-bond acceptors (Lipinski definition) is 3. The van der Waals surface area contributed by atoms with Gasteiger partial charge < -0.3 is 14.3 Å². The maximum absolute atomic E-state index is 10.7. The predicted octanol–water partition coefficient (Wildman–Crippen LogP) is 2.83. The van der Waals surface area contributed by atoms with Gasteiger partial charge in [0.25, 0.3) is 0 Å². The molecule has 0 saturated carbocycles. The van der Waals surface area contributed by atoms with Crippen molar-refractivity contribution in [2.75, 3.05) is 13.7 Å². The Morgan fingerprint density at radius 3 is 2.53 bits per heavy atom. The summed E-state index contributed by atoms with van der Waals surface area (Å²) < 4.78 is 10.6. The van der Waals surface area contributed by atoms with E-state index in [0.29, 0.717) is 13.2 Å². The van der Waals surface area contributed by atoms with Crippen LogP contribution in [0.3, 0.4) is 0 Å². The zero-order valence-electron chi connectivity index (χ0n) is 10.5. The third-order valence-electron chi connectivity index (χ3n) is 2.61. The molecule has 17 heavy (non-hydrogen) atoms. The van der Waals surface area contributed by atoms with Gasteiger partial charge >= 0.3 is 0 Å². The molecule has 0 aromatic heterocycles. The molecule has 0 aliphatic rings. The molecular weight excluding hydrogens is 216 g/mol. The van der Waals surface area contributed by atoms with Crippen LogP contribution in [-0.4, -0.2) is 20.0 Å². The van der Waals surface area contributed by atoms with Crippen LogP contribution in [-0.2, 0) is 16.1 Å². The topological polar surface area (TPSA) is 35.5 Å². The molecule has 0 bridgehead atoms. The normalized spacial score (nSPS) is 12.1. The van der Waals surface area contributed by atoms with E-state index in [0.717, 1.165) is 30.4 Å².